The monoisotopic (exact) mass is 294 g/mol. The molecule has 1 saturated heterocycles. The molecule has 0 aliphatic carbocycles. The molecule has 1 heterocycles. The van der Waals surface area contributed by atoms with Crippen molar-refractivity contribution in [2.45, 2.75) is 19.3 Å². The van der Waals surface area contributed by atoms with Crippen molar-refractivity contribution in [3.8, 4) is 6.07 Å². The first-order valence-electron chi connectivity index (χ1n) is 6.66. The maximum absolute atomic E-state index is 11.6. The number of likely N-dealkylation sites (tertiary alicyclic amines) is 1. The van der Waals surface area contributed by atoms with Gasteiger partial charge in [-0.2, -0.15) is 5.26 Å². The lowest BCUT2D eigenvalue weighted by Crippen LogP contribution is -2.31. The Morgan fingerprint density at radius 3 is 2.81 bits per heavy atom. The number of hydrogen-bond donors (Lipinski definition) is 3. The normalized spacial score (nSPS) is 14.7. The number of amides is 2. The predicted molar refractivity (Wildman–Crippen MR) is 72.8 cm³/mol. The van der Waals surface area contributed by atoms with Gasteiger partial charge < -0.3 is 20.6 Å². The van der Waals surface area contributed by atoms with Gasteiger partial charge in [0.15, 0.2) is 0 Å². The quantitative estimate of drug-likeness (QED) is 0.306. The molecule has 0 aromatic rings. The van der Waals surface area contributed by atoms with E-state index in [2.05, 4.69) is 10.6 Å². The Hall–Kier alpha value is -2.56. The molecule has 2 amide bonds. The molecule has 0 bridgehead atoms. The number of nitrogens with one attached hydrogen (secondary N) is 2. The number of aliphatic carboxylic acids is 1. The molecule has 0 aromatic heterocycles. The van der Waals surface area contributed by atoms with Crippen LogP contribution in [-0.4, -0.2) is 54.0 Å². The van der Waals surface area contributed by atoms with Gasteiger partial charge in [-0.15, -0.1) is 0 Å². The van der Waals surface area contributed by atoms with Crippen molar-refractivity contribution in [2.24, 2.45) is 0 Å². The van der Waals surface area contributed by atoms with Gasteiger partial charge in [-0.25, -0.2) is 0 Å². The van der Waals surface area contributed by atoms with Crippen LogP contribution in [0.25, 0.3) is 0 Å². The molecule has 0 aromatic carbocycles. The summed E-state index contributed by atoms with van der Waals surface area (Å²) in [7, 11) is 0. The fourth-order valence-electron chi connectivity index (χ4n) is 1.90. The third kappa shape index (κ3) is 5.95. The average Bonchev–Trinajstić information content (AvgIpc) is 2.84. The van der Waals surface area contributed by atoms with Crippen LogP contribution in [0.3, 0.4) is 0 Å². The molecule has 1 rings (SSSR count). The molecule has 1 aliphatic heterocycles. The van der Waals surface area contributed by atoms with Gasteiger partial charge >= 0.3 is 5.97 Å². The van der Waals surface area contributed by atoms with Gasteiger partial charge in [0.25, 0.3) is 5.91 Å². The number of nitrogens with zero attached hydrogens (tertiary/aromatic N) is 2. The van der Waals surface area contributed by atoms with E-state index in [1.165, 1.54) is 0 Å². The minimum atomic E-state index is -1.08. The number of hydrogen-bond acceptors (Lipinski definition) is 5. The fourth-order valence-corrected chi connectivity index (χ4v) is 1.90. The van der Waals surface area contributed by atoms with Gasteiger partial charge in [-0.05, 0) is 12.8 Å². The van der Waals surface area contributed by atoms with E-state index in [1.807, 2.05) is 0 Å². The molecule has 0 spiro atoms. The third-order valence-corrected chi connectivity index (χ3v) is 2.93. The van der Waals surface area contributed by atoms with Crippen molar-refractivity contribution in [3.05, 3.63) is 11.8 Å². The first kappa shape index (κ1) is 16.5. The molecule has 21 heavy (non-hydrogen) atoms. The highest BCUT2D eigenvalue weighted by Gasteiger charge is 2.19. The average molecular weight is 294 g/mol. The summed E-state index contributed by atoms with van der Waals surface area (Å²) >= 11 is 0. The van der Waals surface area contributed by atoms with E-state index in [9.17, 15) is 14.4 Å². The summed E-state index contributed by atoms with van der Waals surface area (Å²) in [6, 6.07) is 1.69. The lowest BCUT2D eigenvalue weighted by Gasteiger charge is -2.15. The molecule has 0 radical (unpaired) electrons. The van der Waals surface area contributed by atoms with Crippen molar-refractivity contribution in [3.63, 3.8) is 0 Å². The Morgan fingerprint density at radius 2 is 2.24 bits per heavy atom. The van der Waals surface area contributed by atoms with E-state index in [0.717, 1.165) is 19.2 Å². The van der Waals surface area contributed by atoms with Crippen LogP contribution in [0.5, 0.6) is 0 Å². The summed E-state index contributed by atoms with van der Waals surface area (Å²) in [5.74, 6) is -1.51. The molecule has 8 heteroatoms. The molecule has 0 unspecified atom stereocenters. The number of rotatable bonds is 8. The summed E-state index contributed by atoms with van der Waals surface area (Å²) in [5, 5.41) is 22.2. The molecule has 0 saturated carbocycles. The molecular formula is C13H18N4O4. The Morgan fingerprint density at radius 1 is 1.48 bits per heavy atom. The van der Waals surface area contributed by atoms with Crippen LogP contribution in [-0.2, 0) is 14.4 Å². The number of carbonyl (C=O) groups is 3. The first-order chi connectivity index (χ1) is 10.0. The number of carbonyl (C=O) groups excluding carboxylic acids is 2. The Kier molecular flexibility index (Phi) is 6.74. The van der Waals surface area contributed by atoms with Crippen LogP contribution in [0.15, 0.2) is 11.8 Å². The largest absolute Gasteiger partial charge is 0.480 e. The van der Waals surface area contributed by atoms with E-state index in [-0.39, 0.29) is 18.0 Å². The molecule has 114 valence electrons. The van der Waals surface area contributed by atoms with Gasteiger partial charge in [0.2, 0.25) is 5.91 Å². The molecule has 1 fully saturated rings. The van der Waals surface area contributed by atoms with Crippen molar-refractivity contribution in [2.75, 3.05) is 26.2 Å². The second kappa shape index (κ2) is 8.58. The third-order valence-electron chi connectivity index (χ3n) is 2.93. The summed E-state index contributed by atoms with van der Waals surface area (Å²) in [6.45, 7) is 1.33. The van der Waals surface area contributed by atoms with Gasteiger partial charge in [-0.1, -0.05) is 0 Å². The van der Waals surface area contributed by atoms with E-state index in [0.29, 0.717) is 25.9 Å². The van der Waals surface area contributed by atoms with Crippen molar-refractivity contribution < 1.29 is 19.5 Å². The summed E-state index contributed by atoms with van der Waals surface area (Å²) in [5.41, 5.74) is -0.187. The number of nitriles is 1. The topological polar surface area (TPSA) is 123 Å². The second-order valence-corrected chi connectivity index (χ2v) is 4.54. The maximum Gasteiger partial charge on any atom is 0.322 e. The van der Waals surface area contributed by atoms with Gasteiger partial charge in [0.1, 0.15) is 18.2 Å². The second-order valence-electron chi connectivity index (χ2n) is 4.54. The van der Waals surface area contributed by atoms with Crippen LogP contribution < -0.4 is 10.6 Å². The Bertz CT molecular complexity index is 481. The molecule has 1 aliphatic rings. The van der Waals surface area contributed by atoms with E-state index < -0.39 is 11.9 Å². The zero-order valence-corrected chi connectivity index (χ0v) is 11.6. The molecular weight excluding hydrogens is 276 g/mol. The lowest BCUT2D eigenvalue weighted by atomic mass is 10.3. The van der Waals surface area contributed by atoms with Crippen molar-refractivity contribution >= 4 is 17.8 Å². The van der Waals surface area contributed by atoms with Gasteiger partial charge in [0, 0.05) is 32.3 Å². The van der Waals surface area contributed by atoms with Crippen LogP contribution in [0.2, 0.25) is 0 Å². The standard InChI is InChI=1S/C13H18N4O4/c14-7-10(8-15-9-12(19)20)13(21)16-4-2-6-17-5-1-3-11(17)18/h8,15H,1-6,9H2,(H,16,21)(H,19,20)/b10-8-. The van der Waals surface area contributed by atoms with E-state index >= 15 is 0 Å². The first-order valence-corrected chi connectivity index (χ1v) is 6.66. The van der Waals surface area contributed by atoms with Crippen LogP contribution in [0.4, 0.5) is 0 Å². The van der Waals surface area contributed by atoms with E-state index in [1.54, 1.807) is 11.0 Å². The fraction of sp³-hybridized carbons (Fsp3) is 0.538. The smallest absolute Gasteiger partial charge is 0.322 e. The van der Waals surface area contributed by atoms with E-state index in [4.69, 9.17) is 10.4 Å². The highest BCUT2D eigenvalue weighted by Crippen LogP contribution is 2.09. The molecule has 0 atom stereocenters. The highest BCUT2D eigenvalue weighted by atomic mass is 16.4. The minimum Gasteiger partial charge on any atom is -0.480 e. The summed E-state index contributed by atoms with van der Waals surface area (Å²) in [4.78, 5) is 35.0. The summed E-state index contributed by atoms with van der Waals surface area (Å²) < 4.78 is 0. The SMILES string of the molecule is N#C/C(=C/NCC(=O)O)C(=O)NCCCN1CCCC1=O. The highest BCUT2D eigenvalue weighted by molar-refractivity contribution is 5.97. The molecule has 3 N–H and O–H groups in total. The minimum absolute atomic E-state index is 0.136. The summed E-state index contributed by atoms with van der Waals surface area (Å²) in [6.07, 6.45) is 3.15. The Balaban J connectivity index is 2.26. The van der Waals surface area contributed by atoms with Crippen molar-refractivity contribution in [1.82, 2.24) is 15.5 Å². The molecule has 8 nitrogen and oxygen atoms in total. The van der Waals surface area contributed by atoms with Gasteiger partial charge in [-0.3, -0.25) is 14.4 Å². The Labute approximate surface area is 122 Å². The zero-order chi connectivity index (χ0) is 15.7. The van der Waals surface area contributed by atoms with Crippen LogP contribution in [0, 0.1) is 11.3 Å². The predicted octanol–water partition coefficient (Wildman–Crippen LogP) is -0.803. The maximum atomic E-state index is 11.6. The zero-order valence-electron chi connectivity index (χ0n) is 11.6. The van der Waals surface area contributed by atoms with Gasteiger partial charge in [0.05, 0.1) is 0 Å². The lowest BCUT2D eigenvalue weighted by molar-refractivity contribution is -0.135. The van der Waals surface area contributed by atoms with Crippen LogP contribution >= 0.6 is 0 Å². The number of carboxylic acid groups (broad SMARTS) is 1. The number of carboxylic acids is 1. The van der Waals surface area contributed by atoms with Crippen LogP contribution in [0.1, 0.15) is 19.3 Å². The van der Waals surface area contributed by atoms with Crippen molar-refractivity contribution in [1.29, 1.82) is 5.26 Å².